The van der Waals surface area contributed by atoms with Crippen LogP contribution in [-0.2, 0) is 9.53 Å². The van der Waals surface area contributed by atoms with Crippen LogP contribution in [0.15, 0.2) is 25.5 Å². The summed E-state index contributed by atoms with van der Waals surface area (Å²) in [5, 5.41) is 8.53. The van der Waals surface area contributed by atoms with E-state index in [9.17, 15) is 4.79 Å². The highest BCUT2D eigenvalue weighted by Crippen LogP contribution is 2.17. The zero-order valence-electron chi connectivity index (χ0n) is 6.33. The molecular weight excluding hydrogens is 142 g/mol. The molecule has 0 N–H and O–H groups in total. The lowest BCUT2D eigenvalue weighted by atomic mass is 9.93. The summed E-state index contributed by atoms with van der Waals surface area (Å²) in [6, 6.07) is 1.77. The van der Waals surface area contributed by atoms with E-state index < -0.39 is 11.4 Å². The zero-order chi connectivity index (χ0) is 8.91. The van der Waals surface area contributed by atoms with Crippen molar-refractivity contribution < 1.29 is 9.53 Å². The largest absolute Gasteiger partial charge is 0.434 e. The predicted octanol–water partition coefficient (Wildman–Crippen LogP) is 1.39. The van der Waals surface area contributed by atoms with E-state index in [1.165, 1.54) is 13.0 Å². The Hall–Kier alpha value is -1.56. The van der Waals surface area contributed by atoms with Crippen molar-refractivity contribution in [2.75, 3.05) is 0 Å². The summed E-state index contributed by atoms with van der Waals surface area (Å²) in [4.78, 5) is 10.9. The molecule has 0 bridgehead atoms. The van der Waals surface area contributed by atoms with Gasteiger partial charge >= 0.3 is 5.97 Å². The maximum absolute atomic E-state index is 10.9. The summed E-state index contributed by atoms with van der Waals surface area (Å²) in [5.74, 6) is -0.662. The van der Waals surface area contributed by atoms with E-state index in [2.05, 4.69) is 17.9 Å². The maximum Gasteiger partial charge on any atom is 0.334 e. The molecule has 1 atom stereocenters. The Morgan fingerprint density at radius 1 is 1.73 bits per heavy atom. The molecule has 0 aliphatic heterocycles. The Morgan fingerprint density at radius 3 is 2.55 bits per heavy atom. The predicted molar refractivity (Wildman–Crippen MR) is 40.2 cm³/mol. The molecule has 3 nitrogen and oxygen atoms in total. The topological polar surface area (TPSA) is 50.1 Å². The molecule has 0 fully saturated rings. The third-order valence-electron chi connectivity index (χ3n) is 1.25. The van der Waals surface area contributed by atoms with Crippen molar-refractivity contribution in [1.82, 2.24) is 0 Å². The van der Waals surface area contributed by atoms with Gasteiger partial charge in [-0.2, -0.15) is 5.26 Å². The lowest BCUT2D eigenvalue weighted by molar-refractivity contribution is -0.143. The first-order chi connectivity index (χ1) is 5.10. The fourth-order valence-electron chi connectivity index (χ4n) is 0.373. The van der Waals surface area contributed by atoms with Crippen molar-refractivity contribution in [3.63, 3.8) is 0 Å². The van der Waals surface area contributed by atoms with Gasteiger partial charge in [0.1, 0.15) is 0 Å². The minimum atomic E-state index is -1.27. The van der Waals surface area contributed by atoms with Gasteiger partial charge in [0.15, 0.2) is 5.41 Å². The molecule has 0 saturated carbocycles. The van der Waals surface area contributed by atoms with E-state index in [4.69, 9.17) is 5.26 Å². The minimum absolute atomic E-state index is 0.662. The molecule has 0 saturated heterocycles. The Kier molecular flexibility index (Phi) is 3.06. The van der Waals surface area contributed by atoms with Gasteiger partial charge in [-0.05, 0) is 6.92 Å². The summed E-state index contributed by atoms with van der Waals surface area (Å²) in [5.41, 5.74) is -1.27. The maximum atomic E-state index is 10.9. The summed E-state index contributed by atoms with van der Waals surface area (Å²) < 4.78 is 4.42. The molecule has 0 aliphatic carbocycles. The molecule has 0 heterocycles. The SMILES string of the molecule is C=COC(=O)C(C)(C#N)C=C. The van der Waals surface area contributed by atoms with Crippen LogP contribution in [0, 0.1) is 16.7 Å². The molecule has 0 spiro atoms. The van der Waals surface area contributed by atoms with Crippen LogP contribution in [0.1, 0.15) is 6.92 Å². The number of hydrogen-bond acceptors (Lipinski definition) is 3. The molecular formula is C8H9NO2. The molecule has 1 unspecified atom stereocenters. The number of carbonyl (C=O) groups excluding carboxylic acids is 1. The normalized spacial score (nSPS) is 13.8. The van der Waals surface area contributed by atoms with Gasteiger partial charge in [-0.3, -0.25) is 0 Å². The van der Waals surface area contributed by atoms with Gasteiger partial charge in [0, 0.05) is 0 Å². The number of rotatable bonds is 3. The van der Waals surface area contributed by atoms with Crippen LogP contribution in [-0.4, -0.2) is 5.97 Å². The van der Waals surface area contributed by atoms with Crippen LogP contribution in [0.25, 0.3) is 0 Å². The van der Waals surface area contributed by atoms with Crippen molar-refractivity contribution in [1.29, 1.82) is 5.26 Å². The van der Waals surface area contributed by atoms with E-state index in [1.54, 1.807) is 6.07 Å². The zero-order valence-corrected chi connectivity index (χ0v) is 6.33. The van der Waals surface area contributed by atoms with Gasteiger partial charge in [0.25, 0.3) is 0 Å². The molecule has 0 radical (unpaired) electrons. The van der Waals surface area contributed by atoms with E-state index in [-0.39, 0.29) is 0 Å². The molecule has 0 amide bonds. The minimum Gasteiger partial charge on any atom is -0.434 e. The highest BCUT2D eigenvalue weighted by atomic mass is 16.5. The highest BCUT2D eigenvalue weighted by Gasteiger charge is 2.30. The first-order valence-electron chi connectivity index (χ1n) is 2.97. The Balaban J connectivity index is 4.53. The molecule has 0 aromatic rings. The fraction of sp³-hybridized carbons (Fsp3) is 0.250. The van der Waals surface area contributed by atoms with Gasteiger partial charge < -0.3 is 4.74 Å². The number of ether oxygens (including phenoxy) is 1. The second kappa shape index (κ2) is 3.57. The second-order valence-corrected chi connectivity index (χ2v) is 2.09. The summed E-state index contributed by atoms with van der Waals surface area (Å²) in [6.07, 6.45) is 2.22. The second-order valence-electron chi connectivity index (χ2n) is 2.09. The van der Waals surface area contributed by atoms with Crippen LogP contribution in [0.4, 0.5) is 0 Å². The average molecular weight is 151 g/mol. The van der Waals surface area contributed by atoms with Crippen LogP contribution < -0.4 is 0 Å². The number of nitriles is 1. The van der Waals surface area contributed by atoms with Crippen LogP contribution in [0.5, 0.6) is 0 Å². The Morgan fingerprint density at radius 2 is 2.27 bits per heavy atom. The van der Waals surface area contributed by atoms with Gasteiger partial charge in [-0.15, -0.1) is 6.58 Å². The molecule has 3 heteroatoms. The van der Waals surface area contributed by atoms with E-state index in [0.717, 1.165) is 6.26 Å². The smallest absolute Gasteiger partial charge is 0.334 e. The molecule has 0 rings (SSSR count). The van der Waals surface area contributed by atoms with E-state index in [0.29, 0.717) is 0 Å². The lowest BCUT2D eigenvalue weighted by Gasteiger charge is -2.11. The molecule has 58 valence electrons. The third kappa shape index (κ3) is 1.94. The summed E-state index contributed by atoms with van der Waals surface area (Å²) >= 11 is 0. The summed E-state index contributed by atoms with van der Waals surface area (Å²) in [7, 11) is 0. The van der Waals surface area contributed by atoms with Crippen molar-refractivity contribution in [2.45, 2.75) is 6.92 Å². The first-order valence-corrected chi connectivity index (χ1v) is 2.97. The van der Waals surface area contributed by atoms with E-state index >= 15 is 0 Å². The molecule has 0 aliphatic rings. The van der Waals surface area contributed by atoms with Crippen molar-refractivity contribution in [3.05, 3.63) is 25.5 Å². The highest BCUT2D eigenvalue weighted by molar-refractivity contribution is 5.82. The number of carbonyl (C=O) groups is 1. The van der Waals surface area contributed by atoms with Crippen molar-refractivity contribution in [2.24, 2.45) is 5.41 Å². The number of hydrogen-bond donors (Lipinski definition) is 0. The van der Waals surface area contributed by atoms with Gasteiger partial charge in [0.05, 0.1) is 12.3 Å². The monoisotopic (exact) mass is 151 g/mol. The molecule has 0 aromatic heterocycles. The average Bonchev–Trinajstić information content (AvgIpc) is 2.03. The third-order valence-corrected chi connectivity index (χ3v) is 1.25. The van der Waals surface area contributed by atoms with Crippen LogP contribution in [0.3, 0.4) is 0 Å². The van der Waals surface area contributed by atoms with Gasteiger partial charge in [-0.1, -0.05) is 12.7 Å². The van der Waals surface area contributed by atoms with Crippen LogP contribution >= 0.6 is 0 Å². The molecule has 11 heavy (non-hydrogen) atoms. The van der Waals surface area contributed by atoms with Gasteiger partial charge in [0.2, 0.25) is 0 Å². The van der Waals surface area contributed by atoms with Gasteiger partial charge in [-0.25, -0.2) is 4.79 Å². The van der Waals surface area contributed by atoms with E-state index in [1.807, 2.05) is 0 Å². The van der Waals surface area contributed by atoms with Crippen molar-refractivity contribution in [3.8, 4) is 6.07 Å². The summed E-state index contributed by atoms with van der Waals surface area (Å²) in [6.45, 7) is 7.97. The van der Waals surface area contributed by atoms with Crippen molar-refractivity contribution >= 4 is 5.97 Å². The Labute approximate surface area is 65.6 Å². The standard InChI is InChI=1S/C8H9NO2/c1-4-8(3,6-9)7(10)11-5-2/h4-5H,1-2H2,3H3. The lowest BCUT2D eigenvalue weighted by Crippen LogP contribution is -2.24. The number of nitrogens with zero attached hydrogens (tertiary/aromatic N) is 1. The number of esters is 1. The fourth-order valence-corrected chi connectivity index (χ4v) is 0.373. The first kappa shape index (κ1) is 9.44. The quantitative estimate of drug-likeness (QED) is 0.348. The van der Waals surface area contributed by atoms with Crippen LogP contribution in [0.2, 0.25) is 0 Å². The Bertz CT molecular complexity index is 227. The molecule has 0 aromatic carbocycles.